The fraction of sp³-hybridized carbons (Fsp3) is 0.500. The number of nitrogens with zero attached hydrogens (tertiary/aromatic N) is 2. The molecule has 0 aromatic carbocycles. The Morgan fingerprint density at radius 1 is 1.56 bits per heavy atom. The second kappa shape index (κ2) is 5.04. The normalized spacial score (nSPS) is 17.1. The van der Waals surface area contributed by atoms with E-state index < -0.39 is 10.0 Å². The molecule has 2 rings (SSSR count). The van der Waals surface area contributed by atoms with Gasteiger partial charge in [-0.15, -0.1) is 0 Å². The average molecular weight is 265 g/mol. The Bertz CT molecular complexity index is 556. The summed E-state index contributed by atoms with van der Waals surface area (Å²) >= 11 is 0. The quantitative estimate of drug-likeness (QED) is 0.872. The van der Waals surface area contributed by atoms with Crippen molar-refractivity contribution in [3.63, 3.8) is 0 Å². The largest absolute Gasteiger partial charge is 0.244 e. The van der Waals surface area contributed by atoms with Crippen LogP contribution in [0.15, 0.2) is 23.2 Å². The van der Waals surface area contributed by atoms with Crippen molar-refractivity contribution in [1.29, 1.82) is 5.26 Å². The Balaban J connectivity index is 2.06. The molecule has 1 atom stereocenters. The van der Waals surface area contributed by atoms with Crippen molar-refractivity contribution in [3.8, 4) is 6.07 Å². The van der Waals surface area contributed by atoms with Gasteiger partial charge in [0, 0.05) is 12.2 Å². The molecule has 18 heavy (non-hydrogen) atoms. The molecule has 0 amide bonds. The van der Waals surface area contributed by atoms with Crippen LogP contribution >= 0.6 is 0 Å². The first-order chi connectivity index (χ1) is 8.51. The van der Waals surface area contributed by atoms with Gasteiger partial charge in [0.2, 0.25) is 10.0 Å². The lowest BCUT2D eigenvalue weighted by molar-refractivity contribution is 0.529. The summed E-state index contributed by atoms with van der Waals surface area (Å²) in [7, 11) is -3.52. The molecule has 0 aliphatic heterocycles. The van der Waals surface area contributed by atoms with E-state index >= 15 is 0 Å². The predicted molar refractivity (Wildman–Crippen MR) is 66.1 cm³/mol. The first kappa shape index (κ1) is 13.0. The van der Waals surface area contributed by atoms with Gasteiger partial charge < -0.3 is 0 Å². The zero-order chi connectivity index (χ0) is 13.2. The van der Waals surface area contributed by atoms with E-state index in [0.29, 0.717) is 5.92 Å². The highest BCUT2D eigenvalue weighted by molar-refractivity contribution is 7.89. The predicted octanol–water partition coefficient (Wildman–Crippen LogP) is 1.42. The summed E-state index contributed by atoms with van der Waals surface area (Å²) in [5.41, 5.74) is 0.208. The molecule has 0 saturated heterocycles. The third-order valence-electron chi connectivity index (χ3n) is 2.90. The topological polar surface area (TPSA) is 82.9 Å². The van der Waals surface area contributed by atoms with Crippen molar-refractivity contribution < 1.29 is 8.42 Å². The van der Waals surface area contributed by atoms with Gasteiger partial charge in [-0.2, -0.15) is 5.26 Å². The Labute approximate surface area is 107 Å². The van der Waals surface area contributed by atoms with Crippen molar-refractivity contribution in [2.75, 3.05) is 0 Å². The minimum atomic E-state index is -3.52. The summed E-state index contributed by atoms with van der Waals surface area (Å²) < 4.78 is 26.7. The average Bonchev–Trinajstić information content (AvgIpc) is 3.12. The maximum atomic E-state index is 12.0. The lowest BCUT2D eigenvalue weighted by atomic mass is 10.2. The molecule has 0 radical (unpaired) electrons. The molecular formula is C12H15N3O2S. The molecule has 0 bridgehead atoms. The number of nitrogens with one attached hydrogen (secondary N) is 1. The summed E-state index contributed by atoms with van der Waals surface area (Å²) in [5, 5.41) is 8.61. The van der Waals surface area contributed by atoms with Gasteiger partial charge in [-0.3, -0.25) is 0 Å². The van der Waals surface area contributed by atoms with Crippen LogP contribution in [0.3, 0.4) is 0 Å². The zero-order valence-electron chi connectivity index (χ0n) is 10.1. The van der Waals surface area contributed by atoms with Crippen LogP contribution in [0.4, 0.5) is 0 Å². The standard InChI is InChI=1S/C12H15N3O2S/c1-9(6-10-2-3-10)15-18(16,17)12-5-4-11(7-13)14-8-12/h4-5,8-10,15H,2-3,6H2,1H3. The zero-order valence-corrected chi connectivity index (χ0v) is 10.9. The summed E-state index contributed by atoms with van der Waals surface area (Å²) in [6.45, 7) is 1.87. The van der Waals surface area contributed by atoms with E-state index in [1.54, 1.807) is 0 Å². The molecule has 1 N–H and O–H groups in total. The molecule has 1 aliphatic rings. The van der Waals surface area contributed by atoms with Gasteiger partial charge in [0.1, 0.15) is 16.7 Å². The summed E-state index contributed by atoms with van der Waals surface area (Å²) in [6, 6.07) is 4.59. The van der Waals surface area contributed by atoms with Crippen LogP contribution in [-0.2, 0) is 10.0 Å². The van der Waals surface area contributed by atoms with Gasteiger partial charge in [-0.1, -0.05) is 12.8 Å². The van der Waals surface area contributed by atoms with Crippen LogP contribution in [0.5, 0.6) is 0 Å². The maximum absolute atomic E-state index is 12.0. The number of hydrogen-bond donors (Lipinski definition) is 1. The Morgan fingerprint density at radius 3 is 2.78 bits per heavy atom. The fourth-order valence-corrected chi connectivity index (χ4v) is 3.04. The van der Waals surface area contributed by atoms with Gasteiger partial charge in [0.25, 0.3) is 0 Å². The molecule has 1 aliphatic carbocycles. The smallest absolute Gasteiger partial charge is 0.242 e. The lowest BCUT2D eigenvalue weighted by Crippen LogP contribution is -2.33. The molecule has 1 fully saturated rings. The minimum absolute atomic E-state index is 0.0712. The Kier molecular flexibility index (Phi) is 3.64. The highest BCUT2D eigenvalue weighted by atomic mass is 32.2. The van der Waals surface area contributed by atoms with E-state index in [1.165, 1.54) is 31.2 Å². The number of aromatic nitrogens is 1. The van der Waals surface area contributed by atoms with E-state index in [0.717, 1.165) is 6.42 Å². The number of rotatable bonds is 5. The van der Waals surface area contributed by atoms with Crippen LogP contribution in [0.25, 0.3) is 0 Å². The first-order valence-corrected chi connectivity index (χ1v) is 7.38. The van der Waals surface area contributed by atoms with Crippen molar-refractivity contribution in [2.24, 2.45) is 5.92 Å². The molecule has 96 valence electrons. The van der Waals surface area contributed by atoms with Crippen molar-refractivity contribution >= 4 is 10.0 Å². The highest BCUT2D eigenvalue weighted by Crippen LogP contribution is 2.33. The Hall–Kier alpha value is -1.45. The maximum Gasteiger partial charge on any atom is 0.242 e. The molecule has 6 heteroatoms. The number of hydrogen-bond acceptors (Lipinski definition) is 4. The van der Waals surface area contributed by atoms with Crippen molar-refractivity contribution in [1.82, 2.24) is 9.71 Å². The minimum Gasteiger partial charge on any atom is -0.244 e. The first-order valence-electron chi connectivity index (χ1n) is 5.90. The molecule has 1 saturated carbocycles. The van der Waals surface area contributed by atoms with Crippen LogP contribution in [-0.4, -0.2) is 19.4 Å². The van der Waals surface area contributed by atoms with Gasteiger partial charge in [0.15, 0.2) is 0 Å². The molecule has 1 unspecified atom stereocenters. The second-order valence-electron chi connectivity index (χ2n) is 4.69. The molecule has 5 nitrogen and oxygen atoms in total. The number of sulfonamides is 1. The van der Waals surface area contributed by atoms with Crippen LogP contribution < -0.4 is 4.72 Å². The molecule has 1 aromatic heterocycles. The van der Waals surface area contributed by atoms with E-state index in [1.807, 2.05) is 13.0 Å². The summed E-state index contributed by atoms with van der Waals surface area (Å²) in [6.07, 6.45) is 4.49. The Morgan fingerprint density at radius 2 is 2.28 bits per heavy atom. The third kappa shape index (κ3) is 3.28. The second-order valence-corrected chi connectivity index (χ2v) is 6.41. The summed E-state index contributed by atoms with van der Waals surface area (Å²) in [4.78, 5) is 3.86. The number of pyridine rings is 1. The summed E-state index contributed by atoms with van der Waals surface area (Å²) in [5.74, 6) is 0.668. The fourth-order valence-electron chi connectivity index (χ4n) is 1.84. The van der Waals surface area contributed by atoms with E-state index in [4.69, 9.17) is 5.26 Å². The van der Waals surface area contributed by atoms with Gasteiger partial charge >= 0.3 is 0 Å². The van der Waals surface area contributed by atoms with E-state index in [2.05, 4.69) is 9.71 Å². The number of nitriles is 1. The van der Waals surface area contributed by atoms with E-state index in [-0.39, 0.29) is 16.6 Å². The molecule has 1 aromatic rings. The van der Waals surface area contributed by atoms with E-state index in [9.17, 15) is 8.42 Å². The SMILES string of the molecule is CC(CC1CC1)NS(=O)(=O)c1ccc(C#N)nc1. The van der Waals surface area contributed by atoms with Crippen LogP contribution in [0.1, 0.15) is 31.9 Å². The van der Waals surface area contributed by atoms with Crippen molar-refractivity contribution in [3.05, 3.63) is 24.0 Å². The monoisotopic (exact) mass is 265 g/mol. The highest BCUT2D eigenvalue weighted by Gasteiger charge is 2.26. The van der Waals surface area contributed by atoms with Gasteiger partial charge in [-0.25, -0.2) is 18.1 Å². The molecule has 1 heterocycles. The van der Waals surface area contributed by atoms with Crippen LogP contribution in [0, 0.1) is 17.2 Å². The van der Waals surface area contributed by atoms with Crippen molar-refractivity contribution in [2.45, 2.75) is 37.1 Å². The third-order valence-corrected chi connectivity index (χ3v) is 4.48. The van der Waals surface area contributed by atoms with Gasteiger partial charge in [-0.05, 0) is 31.4 Å². The lowest BCUT2D eigenvalue weighted by Gasteiger charge is -2.13. The molecule has 0 spiro atoms. The molecular weight excluding hydrogens is 250 g/mol. The van der Waals surface area contributed by atoms with Crippen LogP contribution in [0.2, 0.25) is 0 Å². The van der Waals surface area contributed by atoms with Gasteiger partial charge in [0.05, 0.1) is 0 Å².